The van der Waals surface area contributed by atoms with Crippen LogP contribution in [0.15, 0.2) is 24.3 Å². The highest BCUT2D eigenvalue weighted by atomic mass is 19.4. The fourth-order valence-electron chi connectivity index (χ4n) is 1.71. The zero-order chi connectivity index (χ0) is 17.1. The molecule has 0 aliphatic heterocycles. The van der Waals surface area contributed by atoms with Crippen molar-refractivity contribution in [3.8, 4) is 0 Å². The summed E-state index contributed by atoms with van der Waals surface area (Å²) in [6.45, 7) is 0. The second-order valence-electron chi connectivity index (χ2n) is 4.21. The average molecular weight is 329 g/mol. The minimum Gasteiger partial charge on any atom is -0.481 e. The maximum atomic E-state index is 12.8. The highest BCUT2D eigenvalue weighted by molar-refractivity contribution is 5.82. The van der Waals surface area contributed by atoms with Crippen molar-refractivity contribution in [3.63, 3.8) is 0 Å². The number of carbonyl (C=O) groups is 2. The molecule has 2 N–H and O–H groups in total. The number of carbonyl (C=O) groups excluding carboxylic acids is 1. The lowest BCUT2D eigenvalue weighted by Crippen LogP contribution is -2.40. The van der Waals surface area contributed by atoms with Gasteiger partial charge in [-0.1, -0.05) is 18.2 Å². The van der Waals surface area contributed by atoms with Gasteiger partial charge in [-0.15, -0.1) is 0 Å². The van der Waals surface area contributed by atoms with E-state index in [1.807, 2.05) is 0 Å². The molecule has 4 nitrogen and oxygen atoms in total. The summed E-state index contributed by atoms with van der Waals surface area (Å²) in [6.07, 6.45) is -11.4. The highest BCUT2D eigenvalue weighted by Crippen LogP contribution is 2.35. The minimum atomic E-state index is -5.34. The Kier molecular flexibility index (Phi) is 5.05. The first kappa shape index (κ1) is 17.8. The van der Waals surface area contributed by atoms with Crippen LogP contribution in [0, 0.1) is 0 Å². The molecule has 10 heteroatoms. The largest absolute Gasteiger partial charge is 0.481 e. The van der Waals surface area contributed by atoms with E-state index in [0.717, 1.165) is 18.2 Å². The van der Waals surface area contributed by atoms with Gasteiger partial charge in [-0.3, -0.25) is 9.59 Å². The van der Waals surface area contributed by atoms with Crippen LogP contribution in [0.1, 0.15) is 23.6 Å². The molecule has 22 heavy (non-hydrogen) atoms. The van der Waals surface area contributed by atoms with Crippen LogP contribution in [0.4, 0.5) is 26.3 Å². The van der Waals surface area contributed by atoms with Gasteiger partial charge in [0, 0.05) is 0 Å². The summed E-state index contributed by atoms with van der Waals surface area (Å²) in [4.78, 5) is 21.5. The number of carboxylic acid groups (broad SMARTS) is 1. The van der Waals surface area contributed by atoms with Crippen LogP contribution in [-0.2, 0) is 15.8 Å². The Balaban J connectivity index is 3.24. The van der Waals surface area contributed by atoms with E-state index in [0.29, 0.717) is 6.07 Å². The summed E-state index contributed by atoms with van der Waals surface area (Å²) in [5.74, 6) is -4.18. The van der Waals surface area contributed by atoms with Gasteiger partial charge < -0.3 is 10.4 Å². The lowest BCUT2D eigenvalue weighted by molar-refractivity contribution is -0.174. The molecule has 1 aromatic rings. The third-order valence-electron chi connectivity index (χ3n) is 2.58. The summed E-state index contributed by atoms with van der Waals surface area (Å²) in [5.41, 5.74) is -2.07. The fraction of sp³-hybridized carbons (Fsp3) is 0.333. The number of alkyl halides is 6. The third-order valence-corrected chi connectivity index (χ3v) is 2.58. The lowest BCUT2D eigenvalue weighted by Gasteiger charge is -2.22. The van der Waals surface area contributed by atoms with Gasteiger partial charge in [-0.2, -0.15) is 26.3 Å². The Morgan fingerprint density at radius 3 is 2.09 bits per heavy atom. The molecule has 1 aromatic carbocycles. The van der Waals surface area contributed by atoms with E-state index in [2.05, 4.69) is 0 Å². The van der Waals surface area contributed by atoms with E-state index in [9.17, 15) is 35.9 Å². The summed E-state index contributed by atoms with van der Waals surface area (Å²) in [5, 5.41) is 9.91. The molecule has 122 valence electrons. The normalized spacial score (nSPS) is 13.5. The second kappa shape index (κ2) is 6.24. The van der Waals surface area contributed by atoms with Crippen LogP contribution in [0.3, 0.4) is 0 Å². The van der Waals surface area contributed by atoms with Gasteiger partial charge >= 0.3 is 24.2 Å². The van der Waals surface area contributed by atoms with Crippen molar-refractivity contribution in [1.82, 2.24) is 5.32 Å². The molecule has 0 saturated carbocycles. The molecule has 1 amide bonds. The Hall–Kier alpha value is -2.26. The summed E-state index contributed by atoms with van der Waals surface area (Å²) >= 11 is 0. The first-order valence-corrected chi connectivity index (χ1v) is 5.68. The number of hydrogen-bond acceptors (Lipinski definition) is 2. The van der Waals surface area contributed by atoms with Gasteiger partial charge in [0.2, 0.25) is 0 Å². The molecule has 0 aromatic heterocycles. The van der Waals surface area contributed by atoms with E-state index in [-0.39, 0.29) is 0 Å². The Bertz CT molecular complexity index is 567. The topological polar surface area (TPSA) is 66.4 Å². The third kappa shape index (κ3) is 4.64. The molecule has 1 rings (SSSR count). The van der Waals surface area contributed by atoms with Crippen molar-refractivity contribution >= 4 is 11.9 Å². The van der Waals surface area contributed by atoms with Crippen LogP contribution in [0.5, 0.6) is 0 Å². The van der Waals surface area contributed by atoms with E-state index in [1.165, 1.54) is 5.32 Å². The van der Waals surface area contributed by atoms with Crippen molar-refractivity contribution < 1.29 is 41.0 Å². The molecule has 0 bridgehead atoms. The smallest absolute Gasteiger partial charge is 0.471 e. The van der Waals surface area contributed by atoms with Crippen molar-refractivity contribution in [2.45, 2.75) is 24.8 Å². The molecule has 0 radical (unpaired) electrons. The van der Waals surface area contributed by atoms with Crippen LogP contribution in [0.2, 0.25) is 0 Å². The van der Waals surface area contributed by atoms with Crippen molar-refractivity contribution in [1.29, 1.82) is 0 Å². The van der Waals surface area contributed by atoms with Crippen molar-refractivity contribution in [3.05, 3.63) is 35.4 Å². The van der Waals surface area contributed by atoms with Crippen LogP contribution in [0.25, 0.3) is 0 Å². The van der Waals surface area contributed by atoms with E-state index >= 15 is 0 Å². The second-order valence-corrected chi connectivity index (χ2v) is 4.21. The lowest BCUT2D eigenvalue weighted by atomic mass is 9.97. The van der Waals surface area contributed by atoms with Gasteiger partial charge in [0.25, 0.3) is 0 Å². The minimum absolute atomic E-state index is 0.587. The zero-order valence-corrected chi connectivity index (χ0v) is 10.6. The number of nitrogens with one attached hydrogen (secondary N) is 1. The number of halogens is 6. The quantitative estimate of drug-likeness (QED) is 0.835. The van der Waals surface area contributed by atoms with Gasteiger partial charge in [-0.25, -0.2) is 0 Å². The number of rotatable bonds is 4. The molecule has 1 atom stereocenters. The molecule has 0 heterocycles. The van der Waals surface area contributed by atoms with Gasteiger partial charge in [0.1, 0.15) is 0 Å². The molecule has 0 spiro atoms. The highest BCUT2D eigenvalue weighted by Gasteiger charge is 2.42. The molecule has 0 aliphatic carbocycles. The predicted octanol–water partition coefficient (Wildman–Crippen LogP) is 2.90. The van der Waals surface area contributed by atoms with Gasteiger partial charge in [-0.05, 0) is 11.6 Å². The van der Waals surface area contributed by atoms with Crippen molar-refractivity contribution in [2.24, 2.45) is 0 Å². The molecule has 0 saturated heterocycles. The first-order chi connectivity index (χ1) is 9.93. The van der Waals surface area contributed by atoms with Crippen LogP contribution in [-0.4, -0.2) is 23.2 Å². The summed E-state index contributed by atoms with van der Waals surface area (Å²) in [6, 6.07) is 1.52. The standard InChI is InChI=1S/C12H9F6NO3/c13-11(14,15)7-4-2-1-3-6(7)8(5-9(20)21)19-10(22)12(16,17)18/h1-4,8H,5H2,(H,19,22)(H,20,21)/t8-/m1/s1. The number of amides is 1. The number of aliphatic carboxylic acids is 1. The van der Waals surface area contributed by atoms with Crippen LogP contribution < -0.4 is 5.32 Å². The SMILES string of the molecule is O=C(O)C[C@@H](NC(=O)C(F)(F)F)c1ccccc1C(F)(F)F. The van der Waals surface area contributed by atoms with E-state index < -0.39 is 47.8 Å². The van der Waals surface area contributed by atoms with Crippen LogP contribution >= 0.6 is 0 Å². The fourth-order valence-corrected chi connectivity index (χ4v) is 1.71. The Morgan fingerprint density at radius 1 is 1.09 bits per heavy atom. The van der Waals surface area contributed by atoms with Gasteiger partial charge in [0.15, 0.2) is 0 Å². The molecule has 0 unspecified atom stereocenters. The molecular weight excluding hydrogens is 320 g/mol. The average Bonchev–Trinajstić information content (AvgIpc) is 2.35. The van der Waals surface area contributed by atoms with E-state index in [1.54, 1.807) is 0 Å². The number of benzene rings is 1. The summed E-state index contributed by atoms with van der Waals surface area (Å²) in [7, 11) is 0. The number of carboxylic acids is 1. The van der Waals surface area contributed by atoms with Gasteiger partial charge in [0.05, 0.1) is 18.0 Å². The maximum Gasteiger partial charge on any atom is 0.471 e. The van der Waals surface area contributed by atoms with Crippen molar-refractivity contribution in [2.75, 3.05) is 0 Å². The Labute approximate surface area is 119 Å². The zero-order valence-electron chi connectivity index (χ0n) is 10.6. The predicted molar refractivity (Wildman–Crippen MR) is 60.6 cm³/mol. The molecular formula is C12H9F6NO3. The number of hydrogen-bond donors (Lipinski definition) is 2. The monoisotopic (exact) mass is 329 g/mol. The first-order valence-electron chi connectivity index (χ1n) is 5.68. The summed E-state index contributed by atoms with van der Waals surface area (Å²) < 4.78 is 75.2. The van der Waals surface area contributed by atoms with E-state index in [4.69, 9.17) is 5.11 Å². The maximum absolute atomic E-state index is 12.8. The molecule has 0 fully saturated rings. The molecule has 0 aliphatic rings. The Morgan fingerprint density at radius 2 is 1.64 bits per heavy atom.